The topological polar surface area (TPSA) is 33.0 Å². The van der Waals surface area contributed by atoms with Crippen molar-refractivity contribution in [1.29, 1.82) is 5.26 Å². The lowest BCUT2D eigenvalue weighted by Crippen LogP contribution is -2.00. The van der Waals surface area contributed by atoms with E-state index in [1.807, 2.05) is 30.0 Å². The molecule has 0 fully saturated rings. The summed E-state index contributed by atoms with van der Waals surface area (Å²) < 4.78 is 5.67. The third-order valence-corrected chi connectivity index (χ3v) is 4.31. The molecule has 0 N–H and O–H groups in total. The number of benzene rings is 2. The van der Waals surface area contributed by atoms with Gasteiger partial charge in [0.2, 0.25) is 0 Å². The number of ether oxygens (including phenoxy) is 1. The van der Waals surface area contributed by atoms with Crippen LogP contribution in [0.2, 0.25) is 0 Å². The number of thioether (sulfide) groups is 1. The van der Waals surface area contributed by atoms with Gasteiger partial charge in [0.15, 0.2) is 0 Å². The molecular weight excluding hydrogens is 278 g/mol. The lowest BCUT2D eigenvalue weighted by molar-refractivity contribution is 0.318. The van der Waals surface area contributed by atoms with Gasteiger partial charge in [0, 0.05) is 5.75 Å². The Kier molecular flexibility index (Phi) is 6.18. The van der Waals surface area contributed by atoms with Crippen LogP contribution < -0.4 is 4.74 Å². The van der Waals surface area contributed by atoms with Crippen LogP contribution in [0, 0.1) is 18.3 Å². The number of hydrogen-bond acceptors (Lipinski definition) is 3. The van der Waals surface area contributed by atoms with E-state index in [2.05, 4.69) is 37.3 Å². The molecule has 0 aromatic heterocycles. The van der Waals surface area contributed by atoms with Gasteiger partial charge >= 0.3 is 0 Å². The van der Waals surface area contributed by atoms with Crippen molar-refractivity contribution in [2.45, 2.75) is 19.1 Å². The molecule has 0 aliphatic heterocycles. The number of nitriles is 1. The molecule has 0 unspecified atom stereocenters. The van der Waals surface area contributed by atoms with E-state index in [0.717, 1.165) is 17.9 Å². The summed E-state index contributed by atoms with van der Waals surface area (Å²) in [6.45, 7) is 2.80. The third-order valence-electron chi connectivity index (χ3n) is 3.22. The molecule has 2 rings (SSSR count). The fourth-order valence-corrected chi connectivity index (χ4v) is 2.99. The minimum atomic E-state index is 0.602. The molecule has 0 spiro atoms. The van der Waals surface area contributed by atoms with Crippen molar-refractivity contribution in [2.24, 2.45) is 0 Å². The summed E-state index contributed by atoms with van der Waals surface area (Å²) in [7, 11) is 0. The first-order chi connectivity index (χ1) is 10.3. The Balaban J connectivity index is 1.67. The van der Waals surface area contributed by atoms with E-state index < -0.39 is 0 Å². The first kappa shape index (κ1) is 15.5. The largest absolute Gasteiger partial charge is 0.492 e. The van der Waals surface area contributed by atoms with Crippen LogP contribution in [0.15, 0.2) is 48.5 Å². The highest BCUT2D eigenvalue weighted by Gasteiger charge is 2.01. The Morgan fingerprint density at radius 2 is 1.86 bits per heavy atom. The highest BCUT2D eigenvalue weighted by atomic mass is 32.2. The maximum Gasteiger partial charge on any atom is 0.137 e. The van der Waals surface area contributed by atoms with E-state index in [1.165, 1.54) is 11.1 Å². The fraction of sp³-hybridized carbons (Fsp3) is 0.278. The zero-order chi connectivity index (χ0) is 14.9. The Morgan fingerprint density at radius 1 is 1.10 bits per heavy atom. The summed E-state index contributed by atoms with van der Waals surface area (Å²) in [6.07, 6.45) is 0.982. The Hall–Kier alpha value is -1.92. The summed E-state index contributed by atoms with van der Waals surface area (Å²) >= 11 is 1.92. The second-order valence-corrected chi connectivity index (χ2v) is 5.89. The van der Waals surface area contributed by atoms with Gasteiger partial charge in [-0.2, -0.15) is 17.0 Å². The number of nitrogens with zero attached hydrogens (tertiary/aromatic N) is 1. The van der Waals surface area contributed by atoms with Crippen LogP contribution in [0.4, 0.5) is 0 Å². The van der Waals surface area contributed by atoms with Gasteiger partial charge in [0.25, 0.3) is 0 Å². The molecule has 2 aromatic rings. The zero-order valence-electron chi connectivity index (χ0n) is 12.2. The van der Waals surface area contributed by atoms with Gasteiger partial charge in [-0.1, -0.05) is 36.4 Å². The first-order valence-electron chi connectivity index (χ1n) is 7.05. The average molecular weight is 297 g/mol. The van der Waals surface area contributed by atoms with E-state index >= 15 is 0 Å². The molecule has 0 saturated heterocycles. The van der Waals surface area contributed by atoms with Crippen molar-refractivity contribution >= 4 is 11.8 Å². The molecule has 108 valence electrons. The summed E-state index contributed by atoms with van der Waals surface area (Å²) in [5.74, 6) is 2.79. The summed E-state index contributed by atoms with van der Waals surface area (Å²) in [6, 6.07) is 18.0. The molecule has 3 heteroatoms. The molecule has 21 heavy (non-hydrogen) atoms. The minimum absolute atomic E-state index is 0.602. The van der Waals surface area contributed by atoms with Crippen molar-refractivity contribution in [2.75, 3.05) is 12.4 Å². The second kappa shape index (κ2) is 8.39. The molecule has 0 saturated carbocycles. The highest BCUT2D eigenvalue weighted by molar-refractivity contribution is 7.98. The van der Waals surface area contributed by atoms with Crippen molar-refractivity contribution in [3.8, 4) is 11.8 Å². The molecule has 0 radical (unpaired) electrons. The monoisotopic (exact) mass is 297 g/mol. The number of rotatable bonds is 7. The standard InChI is InChI=1S/C18H19NOS/c1-15-7-2-3-9-17(15)14-21-12-6-11-20-18-10-5-4-8-16(18)13-19/h2-5,7-10H,6,11-12,14H2,1H3. The van der Waals surface area contributed by atoms with Gasteiger partial charge in [-0.15, -0.1) is 0 Å². The Labute approximate surface area is 130 Å². The third kappa shape index (κ3) is 4.84. The van der Waals surface area contributed by atoms with Gasteiger partial charge in [0.05, 0.1) is 12.2 Å². The number of para-hydroxylation sites is 1. The molecule has 0 aliphatic carbocycles. The normalized spacial score (nSPS) is 10.1. The molecule has 0 atom stereocenters. The zero-order valence-corrected chi connectivity index (χ0v) is 13.0. The van der Waals surface area contributed by atoms with Crippen molar-refractivity contribution in [3.05, 3.63) is 65.2 Å². The average Bonchev–Trinajstić information content (AvgIpc) is 2.52. The lowest BCUT2D eigenvalue weighted by Gasteiger charge is -2.08. The van der Waals surface area contributed by atoms with E-state index in [9.17, 15) is 0 Å². The predicted octanol–water partition coefficient (Wildman–Crippen LogP) is 4.57. The van der Waals surface area contributed by atoms with Crippen molar-refractivity contribution < 1.29 is 4.74 Å². The maximum atomic E-state index is 8.98. The summed E-state index contributed by atoms with van der Waals surface area (Å²) in [5, 5.41) is 8.98. The van der Waals surface area contributed by atoms with Crippen LogP contribution in [-0.4, -0.2) is 12.4 Å². The fourth-order valence-electron chi connectivity index (χ4n) is 1.98. The molecule has 2 aromatic carbocycles. The molecule has 0 bridgehead atoms. The van der Waals surface area contributed by atoms with Crippen molar-refractivity contribution in [3.63, 3.8) is 0 Å². The quantitative estimate of drug-likeness (QED) is 0.702. The Bertz CT molecular complexity index is 619. The SMILES string of the molecule is Cc1ccccc1CSCCCOc1ccccc1C#N. The van der Waals surface area contributed by atoms with Crippen molar-refractivity contribution in [1.82, 2.24) is 0 Å². The number of aryl methyl sites for hydroxylation is 1. The molecule has 2 nitrogen and oxygen atoms in total. The summed E-state index contributed by atoms with van der Waals surface area (Å²) in [4.78, 5) is 0. The molecule has 0 aliphatic rings. The molecule has 0 amide bonds. The van der Waals surface area contributed by atoms with E-state index in [4.69, 9.17) is 10.00 Å². The minimum Gasteiger partial charge on any atom is -0.492 e. The number of hydrogen-bond donors (Lipinski definition) is 0. The van der Waals surface area contributed by atoms with Crippen LogP contribution in [0.3, 0.4) is 0 Å². The van der Waals surface area contributed by atoms with Crippen LogP contribution in [0.25, 0.3) is 0 Å². The van der Waals surface area contributed by atoms with Gasteiger partial charge in [-0.3, -0.25) is 0 Å². The van der Waals surface area contributed by atoms with Crippen LogP contribution in [0.5, 0.6) is 5.75 Å². The predicted molar refractivity (Wildman–Crippen MR) is 88.6 cm³/mol. The maximum absolute atomic E-state index is 8.98. The van der Waals surface area contributed by atoms with Crippen LogP contribution in [-0.2, 0) is 5.75 Å². The summed E-state index contributed by atoms with van der Waals surface area (Å²) in [5.41, 5.74) is 3.35. The first-order valence-corrected chi connectivity index (χ1v) is 8.21. The van der Waals surface area contributed by atoms with E-state index in [0.29, 0.717) is 17.9 Å². The Morgan fingerprint density at radius 3 is 2.67 bits per heavy atom. The van der Waals surface area contributed by atoms with E-state index in [-0.39, 0.29) is 0 Å². The van der Waals surface area contributed by atoms with Crippen LogP contribution >= 0.6 is 11.8 Å². The highest BCUT2D eigenvalue weighted by Crippen LogP contribution is 2.18. The van der Waals surface area contributed by atoms with E-state index in [1.54, 1.807) is 6.07 Å². The molecular formula is C18H19NOS. The van der Waals surface area contributed by atoms with Gasteiger partial charge < -0.3 is 4.74 Å². The van der Waals surface area contributed by atoms with Gasteiger partial charge in [-0.05, 0) is 42.4 Å². The van der Waals surface area contributed by atoms with Gasteiger partial charge in [-0.25, -0.2) is 0 Å². The molecule has 0 heterocycles. The lowest BCUT2D eigenvalue weighted by atomic mass is 10.1. The van der Waals surface area contributed by atoms with Gasteiger partial charge in [0.1, 0.15) is 11.8 Å². The second-order valence-electron chi connectivity index (χ2n) is 4.79. The van der Waals surface area contributed by atoms with Crippen LogP contribution in [0.1, 0.15) is 23.1 Å². The smallest absolute Gasteiger partial charge is 0.137 e.